The van der Waals surface area contributed by atoms with Crippen LogP contribution >= 0.6 is 0 Å². The molecule has 0 fully saturated rings. The lowest BCUT2D eigenvalue weighted by atomic mass is 9.89. The Bertz CT molecular complexity index is 219. The standard InChI is InChI=1S/C9H15NO2/c1-3-9(2,10)8(11)7-4-5-12-6-7/h6H,3-5,10H2,1-2H3. The molecule has 0 radical (unpaired) electrons. The van der Waals surface area contributed by atoms with Crippen molar-refractivity contribution < 1.29 is 9.53 Å². The normalized spacial score (nSPS) is 21.1. The first-order valence-corrected chi connectivity index (χ1v) is 4.22. The fourth-order valence-electron chi connectivity index (χ4n) is 1.08. The Morgan fingerprint density at radius 2 is 2.50 bits per heavy atom. The Hall–Kier alpha value is -0.830. The molecule has 0 spiro atoms. The average Bonchev–Trinajstić information content (AvgIpc) is 2.55. The third kappa shape index (κ3) is 1.67. The number of ether oxygens (including phenoxy) is 1. The summed E-state index contributed by atoms with van der Waals surface area (Å²) in [5.41, 5.74) is 5.79. The maximum atomic E-state index is 11.6. The summed E-state index contributed by atoms with van der Waals surface area (Å²) in [7, 11) is 0. The minimum atomic E-state index is -0.723. The molecule has 0 aromatic carbocycles. The summed E-state index contributed by atoms with van der Waals surface area (Å²) in [5, 5.41) is 0. The van der Waals surface area contributed by atoms with Gasteiger partial charge >= 0.3 is 0 Å². The smallest absolute Gasteiger partial charge is 0.181 e. The first-order chi connectivity index (χ1) is 5.58. The lowest BCUT2D eigenvalue weighted by Crippen LogP contribution is -2.44. The van der Waals surface area contributed by atoms with Crippen LogP contribution in [-0.4, -0.2) is 17.9 Å². The monoisotopic (exact) mass is 169 g/mol. The van der Waals surface area contributed by atoms with E-state index in [4.69, 9.17) is 10.5 Å². The van der Waals surface area contributed by atoms with Crippen LogP contribution in [0, 0.1) is 0 Å². The number of hydrogen-bond acceptors (Lipinski definition) is 3. The molecule has 1 heterocycles. The van der Waals surface area contributed by atoms with Gasteiger partial charge in [0.2, 0.25) is 0 Å². The predicted molar refractivity (Wildman–Crippen MR) is 46.5 cm³/mol. The summed E-state index contributed by atoms with van der Waals surface area (Å²) < 4.78 is 4.98. The molecule has 1 unspecified atom stereocenters. The van der Waals surface area contributed by atoms with Crippen molar-refractivity contribution >= 4 is 5.78 Å². The molecule has 1 atom stereocenters. The van der Waals surface area contributed by atoms with Gasteiger partial charge in [-0.15, -0.1) is 0 Å². The average molecular weight is 169 g/mol. The summed E-state index contributed by atoms with van der Waals surface area (Å²) in [6.45, 7) is 4.28. The minimum Gasteiger partial charge on any atom is -0.500 e. The second kappa shape index (κ2) is 3.27. The van der Waals surface area contributed by atoms with Crippen molar-refractivity contribution in [2.24, 2.45) is 5.73 Å². The van der Waals surface area contributed by atoms with Gasteiger partial charge in [0.25, 0.3) is 0 Å². The van der Waals surface area contributed by atoms with Crippen LogP contribution in [0.25, 0.3) is 0 Å². The second-order valence-corrected chi connectivity index (χ2v) is 3.36. The third-order valence-electron chi connectivity index (χ3n) is 2.26. The molecule has 1 aliphatic rings. The molecule has 1 aliphatic heterocycles. The molecular weight excluding hydrogens is 154 g/mol. The summed E-state index contributed by atoms with van der Waals surface area (Å²) in [6, 6.07) is 0. The fraction of sp³-hybridized carbons (Fsp3) is 0.667. The van der Waals surface area contributed by atoms with E-state index < -0.39 is 5.54 Å². The van der Waals surface area contributed by atoms with Crippen LogP contribution in [0.4, 0.5) is 0 Å². The van der Waals surface area contributed by atoms with Crippen molar-refractivity contribution in [3.63, 3.8) is 0 Å². The molecule has 3 nitrogen and oxygen atoms in total. The van der Waals surface area contributed by atoms with Gasteiger partial charge < -0.3 is 10.5 Å². The maximum absolute atomic E-state index is 11.6. The zero-order chi connectivity index (χ0) is 9.19. The molecule has 0 bridgehead atoms. The van der Waals surface area contributed by atoms with Gasteiger partial charge in [-0.25, -0.2) is 0 Å². The molecule has 2 N–H and O–H groups in total. The molecule has 0 saturated carbocycles. The summed E-state index contributed by atoms with van der Waals surface area (Å²) in [5.74, 6) is 0.0162. The van der Waals surface area contributed by atoms with Gasteiger partial charge in [-0.2, -0.15) is 0 Å². The Morgan fingerprint density at radius 3 is 2.92 bits per heavy atom. The van der Waals surface area contributed by atoms with Crippen LogP contribution in [0.3, 0.4) is 0 Å². The highest BCUT2D eigenvalue weighted by molar-refractivity contribution is 6.02. The lowest BCUT2D eigenvalue weighted by molar-refractivity contribution is -0.120. The van der Waals surface area contributed by atoms with E-state index >= 15 is 0 Å². The van der Waals surface area contributed by atoms with Crippen molar-refractivity contribution in [3.05, 3.63) is 11.8 Å². The SMILES string of the molecule is CCC(C)(N)C(=O)C1=COCC1. The van der Waals surface area contributed by atoms with Gasteiger partial charge in [-0.3, -0.25) is 4.79 Å². The quantitative estimate of drug-likeness (QED) is 0.685. The van der Waals surface area contributed by atoms with E-state index in [1.165, 1.54) is 6.26 Å². The maximum Gasteiger partial charge on any atom is 0.181 e. The van der Waals surface area contributed by atoms with E-state index in [1.54, 1.807) is 6.92 Å². The Labute approximate surface area is 72.6 Å². The van der Waals surface area contributed by atoms with Crippen molar-refractivity contribution in [1.29, 1.82) is 0 Å². The lowest BCUT2D eigenvalue weighted by Gasteiger charge is -2.20. The second-order valence-electron chi connectivity index (χ2n) is 3.36. The largest absolute Gasteiger partial charge is 0.500 e. The molecule has 3 heteroatoms. The van der Waals surface area contributed by atoms with Gasteiger partial charge in [0.15, 0.2) is 5.78 Å². The summed E-state index contributed by atoms with van der Waals surface area (Å²) in [4.78, 5) is 11.6. The molecule has 1 rings (SSSR count). The van der Waals surface area contributed by atoms with Crippen molar-refractivity contribution in [1.82, 2.24) is 0 Å². The van der Waals surface area contributed by atoms with E-state index in [1.807, 2.05) is 6.92 Å². The van der Waals surface area contributed by atoms with Crippen LogP contribution < -0.4 is 5.73 Å². The van der Waals surface area contributed by atoms with E-state index in [-0.39, 0.29) is 5.78 Å². The van der Waals surface area contributed by atoms with Crippen LogP contribution in [0.2, 0.25) is 0 Å². The molecule has 0 amide bonds. The van der Waals surface area contributed by atoms with E-state index in [9.17, 15) is 4.79 Å². The molecule has 0 aromatic rings. The summed E-state index contributed by atoms with van der Waals surface area (Å²) >= 11 is 0. The van der Waals surface area contributed by atoms with Crippen molar-refractivity contribution in [3.8, 4) is 0 Å². The van der Waals surface area contributed by atoms with Crippen LogP contribution in [0.1, 0.15) is 26.7 Å². The van der Waals surface area contributed by atoms with E-state index in [0.717, 1.165) is 5.57 Å². The van der Waals surface area contributed by atoms with E-state index in [0.29, 0.717) is 19.4 Å². The van der Waals surface area contributed by atoms with E-state index in [2.05, 4.69) is 0 Å². The van der Waals surface area contributed by atoms with Crippen molar-refractivity contribution in [2.45, 2.75) is 32.2 Å². The van der Waals surface area contributed by atoms with Gasteiger partial charge in [0.1, 0.15) is 0 Å². The number of carbonyl (C=O) groups excluding carboxylic acids is 1. The Balaban J connectivity index is 2.70. The number of carbonyl (C=O) groups is 1. The number of Topliss-reactive ketones (excluding diaryl/α,β-unsaturated/α-hetero) is 1. The predicted octanol–water partition coefficient (Wildman–Crippen LogP) is 0.987. The third-order valence-corrected chi connectivity index (χ3v) is 2.26. The first kappa shape index (κ1) is 9.26. The van der Waals surface area contributed by atoms with Crippen molar-refractivity contribution in [2.75, 3.05) is 6.61 Å². The number of rotatable bonds is 3. The van der Waals surface area contributed by atoms with Gasteiger partial charge in [0, 0.05) is 12.0 Å². The van der Waals surface area contributed by atoms with Crippen LogP contribution in [-0.2, 0) is 9.53 Å². The highest BCUT2D eigenvalue weighted by Gasteiger charge is 2.30. The molecule has 0 aliphatic carbocycles. The molecule has 68 valence electrons. The van der Waals surface area contributed by atoms with Crippen LogP contribution in [0.15, 0.2) is 11.8 Å². The molecule has 0 aromatic heterocycles. The Morgan fingerprint density at radius 1 is 1.83 bits per heavy atom. The highest BCUT2D eigenvalue weighted by atomic mass is 16.5. The molecular formula is C9H15NO2. The molecule has 12 heavy (non-hydrogen) atoms. The number of nitrogens with two attached hydrogens (primary N) is 1. The van der Waals surface area contributed by atoms with Gasteiger partial charge in [0.05, 0.1) is 18.4 Å². The molecule has 0 saturated heterocycles. The van der Waals surface area contributed by atoms with Crippen LogP contribution in [0.5, 0.6) is 0 Å². The zero-order valence-corrected chi connectivity index (χ0v) is 7.59. The zero-order valence-electron chi connectivity index (χ0n) is 7.59. The first-order valence-electron chi connectivity index (χ1n) is 4.22. The highest BCUT2D eigenvalue weighted by Crippen LogP contribution is 2.19. The fourth-order valence-corrected chi connectivity index (χ4v) is 1.08. The number of hydrogen-bond donors (Lipinski definition) is 1. The van der Waals surface area contributed by atoms with Gasteiger partial charge in [-0.05, 0) is 13.3 Å². The number of ketones is 1. The topological polar surface area (TPSA) is 52.3 Å². The minimum absolute atomic E-state index is 0.0162. The Kier molecular flexibility index (Phi) is 2.52. The van der Waals surface area contributed by atoms with Gasteiger partial charge in [-0.1, -0.05) is 6.92 Å². The summed E-state index contributed by atoms with van der Waals surface area (Å²) in [6.07, 6.45) is 2.89.